The first-order valence-electron chi connectivity index (χ1n) is 13.2. The highest BCUT2D eigenvalue weighted by Gasteiger charge is 2.39. The van der Waals surface area contributed by atoms with Crippen LogP contribution in [0.3, 0.4) is 0 Å². The first kappa shape index (κ1) is 26.5. The molecule has 0 aliphatic heterocycles. The van der Waals surface area contributed by atoms with Crippen molar-refractivity contribution in [3.8, 4) is 0 Å². The average Bonchev–Trinajstić information content (AvgIpc) is 2.81. The molecule has 0 heterocycles. The fourth-order valence-corrected chi connectivity index (χ4v) is 6.33. The van der Waals surface area contributed by atoms with E-state index < -0.39 is 35.6 Å². The van der Waals surface area contributed by atoms with Crippen LogP contribution >= 0.6 is 0 Å². The minimum atomic E-state index is -0.869. The van der Waals surface area contributed by atoms with Crippen LogP contribution in [0, 0.1) is 47.3 Å². The fourth-order valence-electron chi connectivity index (χ4n) is 6.33. The maximum absolute atomic E-state index is 12.7. The molecule has 0 radical (unpaired) electrons. The van der Waals surface area contributed by atoms with Crippen molar-refractivity contribution in [2.45, 2.75) is 78.1 Å². The van der Waals surface area contributed by atoms with E-state index in [2.05, 4.69) is 10.6 Å². The van der Waals surface area contributed by atoms with Crippen molar-refractivity contribution in [3.05, 3.63) is 0 Å². The summed E-state index contributed by atoms with van der Waals surface area (Å²) in [4.78, 5) is 48.6. The standard InChI is InChI=1S/C26H42N2O6/c1-15-3-9-19(21(11-15)25(31)32)23(29)27-13-17-5-7-18(8-6-17)14-28-24(30)20-10-4-16(2)12-22(20)26(33)34/h15-22H,3-14H2,1-2H3,(H,27,29)(H,28,30)(H,31,32)(H,33,34). The summed E-state index contributed by atoms with van der Waals surface area (Å²) in [7, 11) is 0. The van der Waals surface area contributed by atoms with Gasteiger partial charge in [0.25, 0.3) is 0 Å². The summed E-state index contributed by atoms with van der Waals surface area (Å²) >= 11 is 0. The molecule has 0 aromatic carbocycles. The van der Waals surface area contributed by atoms with Crippen molar-refractivity contribution in [1.82, 2.24) is 10.6 Å². The minimum absolute atomic E-state index is 0.122. The SMILES string of the molecule is CC1CCC(C(=O)NCC2CCC(CNC(=O)C3CCC(C)CC3C(=O)O)CC2)C(C(=O)O)C1. The van der Waals surface area contributed by atoms with Crippen molar-refractivity contribution < 1.29 is 29.4 Å². The maximum atomic E-state index is 12.7. The summed E-state index contributed by atoms with van der Waals surface area (Å²) in [5, 5.41) is 25.1. The highest BCUT2D eigenvalue weighted by atomic mass is 16.4. The van der Waals surface area contributed by atoms with Crippen LogP contribution in [0.4, 0.5) is 0 Å². The third-order valence-electron chi connectivity index (χ3n) is 8.63. The quantitative estimate of drug-likeness (QED) is 0.423. The zero-order valence-corrected chi connectivity index (χ0v) is 20.6. The molecule has 6 unspecified atom stereocenters. The topological polar surface area (TPSA) is 133 Å². The predicted octanol–water partition coefficient (Wildman–Crippen LogP) is 3.30. The lowest BCUT2D eigenvalue weighted by molar-refractivity contribution is -0.150. The number of carbonyl (C=O) groups excluding carboxylic acids is 2. The van der Waals surface area contributed by atoms with Gasteiger partial charge in [-0.1, -0.05) is 13.8 Å². The molecule has 3 aliphatic rings. The summed E-state index contributed by atoms with van der Waals surface area (Å²) in [5.41, 5.74) is 0. The molecule has 0 aromatic heterocycles. The van der Waals surface area contributed by atoms with E-state index in [1.54, 1.807) is 0 Å². The van der Waals surface area contributed by atoms with Gasteiger partial charge in [0, 0.05) is 13.1 Å². The highest BCUT2D eigenvalue weighted by molar-refractivity contribution is 5.85. The highest BCUT2D eigenvalue weighted by Crippen LogP contribution is 2.36. The van der Waals surface area contributed by atoms with Crippen LogP contribution in [0.5, 0.6) is 0 Å². The molecule has 3 rings (SSSR count). The van der Waals surface area contributed by atoms with E-state index in [9.17, 15) is 29.4 Å². The second-order valence-electron chi connectivity index (χ2n) is 11.3. The van der Waals surface area contributed by atoms with E-state index in [0.29, 0.717) is 62.4 Å². The molecule has 4 N–H and O–H groups in total. The number of hydrogen-bond acceptors (Lipinski definition) is 4. The van der Waals surface area contributed by atoms with Crippen molar-refractivity contribution in [2.75, 3.05) is 13.1 Å². The minimum Gasteiger partial charge on any atom is -0.481 e. The summed E-state index contributed by atoms with van der Waals surface area (Å²) in [5.74, 6) is -2.58. The molecule has 192 valence electrons. The normalized spacial score (nSPS) is 36.3. The molecule has 34 heavy (non-hydrogen) atoms. The van der Waals surface area contributed by atoms with E-state index in [1.807, 2.05) is 13.8 Å². The van der Waals surface area contributed by atoms with Crippen molar-refractivity contribution in [2.24, 2.45) is 47.3 Å². The number of carbonyl (C=O) groups is 4. The largest absolute Gasteiger partial charge is 0.481 e. The van der Waals surface area contributed by atoms with Crippen LogP contribution in [0.25, 0.3) is 0 Å². The monoisotopic (exact) mass is 478 g/mol. The summed E-state index contributed by atoms with van der Waals surface area (Å²) in [6.07, 6.45) is 8.05. The molecule has 3 fully saturated rings. The van der Waals surface area contributed by atoms with Gasteiger partial charge in [0.1, 0.15) is 0 Å². The third-order valence-corrected chi connectivity index (χ3v) is 8.63. The van der Waals surface area contributed by atoms with E-state index in [0.717, 1.165) is 38.5 Å². The van der Waals surface area contributed by atoms with Crippen LogP contribution in [0.2, 0.25) is 0 Å². The Hall–Kier alpha value is -2.12. The van der Waals surface area contributed by atoms with Gasteiger partial charge in [-0.15, -0.1) is 0 Å². The second-order valence-corrected chi connectivity index (χ2v) is 11.3. The van der Waals surface area contributed by atoms with Gasteiger partial charge in [-0.25, -0.2) is 0 Å². The van der Waals surface area contributed by atoms with E-state index in [4.69, 9.17) is 0 Å². The van der Waals surface area contributed by atoms with E-state index in [1.165, 1.54) is 0 Å². The predicted molar refractivity (Wildman–Crippen MR) is 127 cm³/mol. The smallest absolute Gasteiger partial charge is 0.307 e. The number of carboxylic acids is 2. The zero-order valence-electron chi connectivity index (χ0n) is 20.6. The molecule has 3 saturated carbocycles. The van der Waals surface area contributed by atoms with Crippen LogP contribution in [0.15, 0.2) is 0 Å². The van der Waals surface area contributed by atoms with Gasteiger partial charge in [-0.2, -0.15) is 0 Å². The van der Waals surface area contributed by atoms with Crippen LogP contribution in [-0.2, 0) is 19.2 Å². The molecule has 0 aromatic rings. The molecular weight excluding hydrogens is 436 g/mol. The number of amides is 2. The van der Waals surface area contributed by atoms with Gasteiger partial charge < -0.3 is 20.8 Å². The lowest BCUT2D eigenvalue weighted by Gasteiger charge is -2.33. The number of rotatable bonds is 8. The Labute approximate surface area is 202 Å². The molecule has 0 bridgehead atoms. The number of nitrogens with one attached hydrogen (secondary N) is 2. The lowest BCUT2D eigenvalue weighted by atomic mass is 9.74. The average molecular weight is 479 g/mol. The Kier molecular flexibility index (Phi) is 9.37. The molecule has 2 amide bonds. The summed E-state index contributed by atoms with van der Waals surface area (Å²) < 4.78 is 0. The molecular formula is C26H42N2O6. The molecule has 3 aliphatic carbocycles. The van der Waals surface area contributed by atoms with Gasteiger partial charge in [0.05, 0.1) is 23.7 Å². The van der Waals surface area contributed by atoms with Crippen molar-refractivity contribution in [1.29, 1.82) is 0 Å². The van der Waals surface area contributed by atoms with Crippen molar-refractivity contribution in [3.63, 3.8) is 0 Å². The van der Waals surface area contributed by atoms with Gasteiger partial charge in [-0.3, -0.25) is 19.2 Å². The van der Waals surface area contributed by atoms with Gasteiger partial charge in [0.2, 0.25) is 11.8 Å². The number of carboxylic acid groups (broad SMARTS) is 2. The van der Waals surface area contributed by atoms with Gasteiger partial charge in [-0.05, 0) is 87.9 Å². The molecule has 0 spiro atoms. The van der Waals surface area contributed by atoms with Crippen molar-refractivity contribution >= 4 is 23.8 Å². The Balaban J connectivity index is 1.37. The van der Waals surface area contributed by atoms with E-state index in [-0.39, 0.29) is 11.8 Å². The van der Waals surface area contributed by atoms with Crippen LogP contribution in [0.1, 0.15) is 78.1 Å². The Bertz CT molecular complexity index is 686. The van der Waals surface area contributed by atoms with Crippen LogP contribution < -0.4 is 10.6 Å². The molecule has 0 saturated heterocycles. The van der Waals surface area contributed by atoms with Gasteiger partial charge >= 0.3 is 11.9 Å². The summed E-state index contributed by atoms with van der Waals surface area (Å²) in [6.45, 7) is 5.25. The Morgan fingerprint density at radius 1 is 0.588 bits per heavy atom. The molecule has 8 nitrogen and oxygen atoms in total. The Morgan fingerprint density at radius 3 is 1.26 bits per heavy atom. The first-order valence-corrected chi connectivity index (χ1v) is 13.2. The molecule has 6 atom stereocenters. The second kappa shape index (κ2) is 12.0. The Morgan fingerprint density at radius 2 is 0.941 bits per heavy atom. The van der Waals surface area contributed by atoms with E-state index >= 15 is 0 Å². The third kappa shape index (κ3) is 6.95. The molecule has 8 heteroatoms. The maximum Gasteiger partial charge on any atom is 0.307 e. The fraction of sp³-hybridized carbons (Fsp3) is 0.846. The van der Waals surface area contributed by atoms with Gasteiger partial charge in [0.15, 0.2) is 0 Å². The first-order chi connectivity index (χ1) is 16.2. The number of aliphatic carboxylic acids is 2. The lowest BCUT2D eigenvalue weighted by Crippen LogP contribution is -2.44. The zero-order chi connectivity index (χ0) is 24.8. The number of hydrogen-bond donors (Lipinski definition) is 4. The summed E-state index contributed by atoms with van der Waals surface area (Å²) in [6, 6.07) is 0. The van der Waals surface area contributed by atoms with Crippen LogP contribution in [-0.4, -0.2) is 47.1 Å².